The molecule has 0 radical (unpaired) electrons. The topological polar surface area (TPSA) is 42.6 Å². The molecule has 2 aromatic rings. The first-order chi connectivity index (χ1) is 11.0. The van der Waals surface area contributed by atoms with Crippen molar-refractivity contribution in [3.63, 3.8) is 0 Å². The summed E-state index contributed by atoms with van der Waals surface area (Å²) >= 11 is 0. The lowest BCUT2D eigenvalue weighted by Crippen LogP contribution is -3.00. The zero-order chi connectivity index (χ0) is 16.6. The van der Waals surface area contributed by atoms with Gasteiger partial charge in [0.25, 0.3) is 0 Å². The molecule has 1 aromatic carbocycles. The minimum absolute atomic E-state index is 0. The number of aryl methyl sites for hydroxylation is 2. The molecule has 1 aromatic heterocycles. The fraction of sp³-hybridized carbons (Fsp3) is 0.421. The molecule has 5 heteroatoms. The minimum Gasteiger partial charge on any atom is -1.00 e. The first kappa shape index (κ1) is 18.4. The average Bonchev–Trinajstić information content (AvgIpc) is 2.53. The number of pyridine rings is 1. The summed E-state index contributed by atoms with van der Waals surface area (Å²) in [5.41, 5.74) is 4.35. The van der Waals surface area contributed by atoms with Crippen LogP contribution in [0.25, 0.3) is 11.3 Å². The summed E-state index contributed by atoms with van der Waals surface area (Å²) in [6, 6.07) is 5.92. The number of ether oxygens (including phenoxy) is 2. The average molecular weight is 350 g/mol. The quantitative estimate of drug-likeness (QED) is 0.798. The fourth-order valence-corrected chi connectivity index (χ4v) is 3.25. The Balaban J connectivity index is 0.00000208. The van der Waals surface area contributed by atoms with Crippen molar-refractivity contribution in [3.05, 3.63) is 35.5 Å². The summed E-state index contributed by atoms with van der Waals surface area (Å²) in [4.78, 5) is 0. The molecule has 24 heavy (non-hydrogen) atoms. The van der Waals surface area contributed by atoms with Crippen molar-refractivity contribution in [2.75, 3.05) is 14.2 Å². The van der Waals surface area contributed by atoms with Crippen LogP contribution in [0.1, 0.15) is 25.0 Å². The number of benzene rings is 1. The van der Waals surface area contributed by atoms with E-state index in [0.29, 0.717) is 17.4 Å². The maximum atomic E-state index is 10.4. The molecule has 4 nitrogen and oxygen atoms in total. The summed E-state index contributed by atoms with van der Waals surface area (Å²) in [6.07, 6.45) is 3.91. The molecule has 0 bridgehead atoms. The smallest absolute Gasteiger partial charge is 0.216 e. The number of nitrogens with zero attached hydrogens (tertiary/aromatic N) is 1. The molecule has 0 atom stereocenters. The van der Waals surface area contributed by atoms with Gasteiger partial charge in [0, 0.05) is 6.42 Å². The van der Waals surface area contributed by atoms with E-state index in [1.807, 2.05) is 18.2 Å². The highest BCUT2D eigenvalue weighted by molar-refractivity contribution is 5.68. The molecular weight excluding hydrogens is 326 g/mol. The predicted octanol–water partition coefficient (Wildman–Crippen LogP) is 0.123. The van der Waals surface area contributed by atoms with Crippen LogP contribution < -0.4 is 26.4 Å². The van der Waals surface area contributed by atoms with Gasteiger partial charge in [-0.2, -0.15) is 4.57 Å². The molecule has 0 spiro atoms. The molecule has 0 saturated heterocycles. The number of fused-ring (bicyclic) bond motifs is 3. The molecule has 1 aliphatic heterocycles. The zero-order valence-electron chi connectivity index (χ0n) is 14.6. The third-order valence-electron chi connectivity index (χ3n) is 4.36. The van der Waals surface area contributed by atoms with Gasteiger partial charge < -0.3 is 27.0 Å². The second-order valence-electron chi connectivity index (χ2n) is 6.47. The third kappa shape index (κ3) is 3.29. The molecule has 0 saturated carbocycles. The maximum Gasteiger partial charge on any atom is 0.216 e. The van der Waals surface area contributed by atoms with Crippen molar-refractivity contribution in [3.8, 4) is 28.5 Å². The van der Waals surface area contributed by atoms with Crippen LogP contribution in [0.4, 0.5) is 0 Å². The predicted molar refractivity (Wildman–Crippen MR) is 89.1 cm³/mol. The first-order valence-electron chi connectivity index (χ1n) is 8.04. The number of hydrogen-bond acceptors (Lipinski definition) is 3. The van der Waals surface area contributed by atoms with E-state index in [4.69, 9.17) is 9.47 Å². The number of hydrogen-bond donors (Lipinski definition) is 1. The second-order valence-corrected chi connectivity index (χ2v) is 6.47. The normalized spacial score (nSPS) is 12.2. The maximum absolute atomic E-state index is 10.4. The molecule has 130 valence electrons. The number of methoxy groups -OCH3 is 2. The molecule has 1 N–H and O–H groups in total. The van der Waals surface area contributed by atoms with Crippen LogP contribution in [0.3, 0.4) is 0 Å². The van der Waals surface area contributed by atoms with Crippen LogP contribution in [0.5, 0.6) is 17.2 Å². The molecule has 0 aliphatic carbocycles. The van der Waals surface area contributed by atoms with Gasteiger partial charge >= 0.3 is 0 Å². The Labute approximate surface area is 149 Å². The highest BCUT2D eigenvalue weighted by atomic mass is 35.5. The molecule has 1 aliphatic rings. The van der Waals surface area contributed by atoms with E-state index < -0.39 is 0 Å². The lowest BCUT2D eigenvalue weighted by molar-refractivity contribution is -0.688. The van der Waals surface area contributed by atoms with Gasteiger partial charge in [-0.25, -0.2) is 0 Å². The largest absolute Gasteiger partial charge is 1.00 e. The summed E-state index contributed by atoms with van der Waals surface area (Å²) in [5, 5.41) is 10.4. The van der Waals surface area contributed by atoms with Gasteiger partial charge in [0.15, 0.2) is 24.2 Å². The van der Waals surface area contributed by atoms with Crippen molar-refractivity contribution < 1.29 is 31.6 Å². The minimum atomic E-state index is 0. The van der Waals surface area contributed by atoms with Crippen molar-refractivity contribution in [2.24, 2.45) is 5.92 Å². The summed E-state index contributed by atoms with van der Waals surface area (Å²) < 4.78 is 13.1. The Bertz CT molecular complexity index is 744. The standard InChI is InChI=1S/C19H23NO3.ClH/c1-12(2)7-14-11-20-6-5-13-8-18(22-3)19(23-4)9-15(13)16(20)10-17(14)21;/h8-12H,5-7H2,1-4H3;1H. The number of aromatic nitrogens is 1. The van der Waals surface area contributed by atoms with Crippen molar-refractivity contribution >= 4 is 0 Å². The number of aromatic hydroxyl groups is 1. The van der Waals surface area contributed by atoms with Gasteiger partial charge in [-0.1, -0.05) is 13.8 Å². The Hall–Kier alpha value is -1.94. The summed E-state index contributed by atoms with van der Waals surface area (Å²) in [5.74, 6) is 2.35. The van der Waals surface area contributed by atoms with Crippen LogP contribution in [-0.4, -0.2) is 19.3 Å². The molecule has 3 rings (SSSR count). The number of rotatable bonds is 4. The fourth-order valence-electron chi connectivity index (χ4n) is 3.25. The van der Waals surface area contributed by atoms with E-state index >= 15 is 0 Å². The van der Waals surface area contributed by atoms with Crippen molar-refractivity contribution in [1.29, 1.82) is 0 Å². The Kier molecular flexibility index (Phi) is 5.60. The van der Waals surface area contributed by atoms with Crippen LogP contribution in [0.2, 0.25) is 0 Å². The Morgan fingerprint density at radius 1 is 1.12 bits per heavy atom. The van der Waals surface area contributed by atoms with E-state index in [0.717, 1.165) is 42.0 Å². The number of halogens is 1. The van der Waals surface area contributed by atoms with Crippen LogP contribution >= 0.6 is 0 Å². The van der Waals surface area contributed by atoms with E-state index in [9.17, 15) is 5.11 Å². The molecule has 0 fully saturated rings. The van der Waals surface area contributed by atoms with Crippen molar-refractivity contribution in [2.45, 2.75) is 33.2 Å². The third-order valence-corrected chi connectivity index (χ3v) is 4.36. The van der Waals surface area contributed by atoms with Gasteiger partial charge in [0.1, 0.15) is 5.75 Å². The summed E-state index contributed by atoms with van der Waals surface area (Å²) in [6.45, 7) is 5.23. The Morgan fingerprint density at radius 2 is 1.79 bits per heavy atom. The monoisotopic (exact) mass is 349 g/mol. The first-order valence-corrected chi connectivity index (χ1v) is 8.04. The van der Waals surface area contributed by atoms with Gasteiger partial charge in [0.05, 0.1) is 31.4 Å². The van der Waals surface area contributed by atoms with Crippen LogP contribution in [0.15, 0.2) is 24.4 Å². The van der Waals surface area contributed by atoms with Crippen LogP contribution in [0, 0.1) is 5.92 Å². The summed E-state index contributed by atoms with van der Waals surface area (Å²) in [7, 11) is 3.30. The van der Waals surface area contributed by atoms with Gasteiger partial charge in [-0.3, -0.25) is 0 Å². The van der Waals surface area contributed by atoms with E-state index in [-0.39, 0.29) is 12.4 Å². The van der Waals surface area contributed by atoms with Gasteiger partial charge in [0.2, 0.25) is 5.69 Å². The lowest BCUT2D eigenvalue weighted by atomic mass is 9.94. The highest BCUT2D eigenvalue weighted by Crippen LogP contribution is 2.37. The lowest BCUT2D eigenvalue weighted by Gasteiger charge is -2.19. The Morgan fingerprint density at radius 3 is 2.42 bits per heavy atom. The molecule has 0 unspecified atom stereocenters. The second kappa shape index (κ2) is 7.31. The van der Waals surface area contributed by atoms with E-state index in [1.165, 1.54) is 5.56 Å². The molecular formula is C19H24ClNO3. The van der Waals surface area contributed by atoms with Gasteiger partial charge in [-0.05, 0) is 30.0 Å². The molecule has 2 heterocycles. The van der Waals surface area contributed by atoms with E-state index in [1.54, 1.807) is 14.2 Å². The van der Waals surface area contributed by atoms with Crippen molar-refractivity contribution in [1.82, 2.24) is 0 Å². The van der Waals surface area contributed by atoms with E-state index in [2.05, 4.69) is 24.6 Å². The van der Waals surface area contributed by atoms with Gasteiger partial charge in [-0.15, -0.1) is 0 Å². The SMILES string of the molecule is COc1cc2c(cc1OC)-c1cc(O)c(CC(C)C)c[n+]1CC2.[Cl-]. The molecule has 0 amide bonds. The zero-order valence-corrected chi connectivity index (χ0v) is 15.4. The highest BCUT2D eigenvalue weighted by Gasteiger charge is 2.27. The van der Waals surface area contributed by atoms with Crippen LogP contribution in [-0.2, 0) is 19.4 Å².